The van der Waals surface area contributed by atoms with E-state index in [0.717, 1.165) is 6.42 Å². The topological polar surface area (TPSA) is 6.48 Å². The third-order valence-electron chi connectivity index (χ3n) is 5.20. The first-order valence-electron chi connectivity index (χ1n) is 8.00. The van der Waals surface area contributed by atoms with Crippen molar-refractivity contribution in [1.82, 2.24) is 0 Å². The number of rotatable bonds is 3. The fraction of sp³-hybridized carbons (Fsp3) is 0.333. The number of hydrogen-bond acceptors (Lipinski definition) is 2. The summed E-state index contributed by atoms with van der Waals surface area (Å²) >= 11 is 10.8. The van der Waals surface area contributed by atoms with Crippen molar-refractivity contribution in [3.05, 3.63) is 59.2 Å². The summed E-state index contributed by atoms with van der Waals surface area (Å²) in [5.74, 6) is 0. The van der Waals surface area contributed by atoms with Gasteiger partial charge in [-0.2, -0.15) is 0 Å². The molecule has 0 aromatic heterocycles. The van der Waals surface area contributed by atoms with Crippen LogP contribution in [0.1, 0.15) is 43.9 Å². The Morgan fingerprint density at radius 1 is 0.792 bits per heavy atom. The van der Waals surface area contributed by atoms with Gasteiger partial charge in [0.05, 0.1) is 0 Å². The van der Waals surface area contributed by atoms with Crippen LogP contribution in [0.3, 0.4) is 0 Å². The van der Waals surface area contributed by atoms with Gasteiger partial charge in [0.2, 0.25) is 0 Å². The van der Waals surface area contributed by atoms with E-state index in [9.17, 15) is 0 Å². The maximum absolute atomic E-state index is 2.71. The van der Waals surface area contributed by atoms with Crippen molar-refractivity contribution < 1.29 is 0 Å². The average Bonchev–Trinajstić information content (AvgIpc) is 2.74. The Labute approximate surface area is 179 Å². The Morgan fingerprint density at radius 2 is 1.42 bits per heavy atom. The second-order valence-corrected chi connectivity index (χ2v) is 10.9. The minimum absolute atomic E-state index is 0.0331. The maximum atomic E-state index is 2.71. The SMILES string of the molecule is CC1(C)CC(C)(c2cccc([N]([Al])[Al])c2)c2ccc([N]([Al])[Al])cc21. The molecule has 1 unspecified atom stereocenters. The number of nitrogens with zero attached hydrogens (tertiary/aromatic N) is 2. The van der Waals surface area contributed by atoms with E-state index in [1.807, 2.05) is 5.73 Å². The van der Waals surface area contributed by atoms with Gasteiger partial charge in [-0.3, -0.25) is 0 Å². The first-order chi connectivity index (χ1) is 11.1. The second kappa shape index (κ2) is 6.72. The van der Waals surface area contributed by atoms with Gasteiger partial charge in [-0.1, -0.05) is 39.0 Å². The Kier molecular flexibility index (Phi) is 5.30. The number of anilines is 2. The van der Waals surface area contributed by atoms with Crippen LogP contribution < -0.4 is 5.73 Å². The van der Waals surface area contributed by atoms with E-state index in [4.69, 9.17) is 0 Å². The van der Waals surface area contributed by atoms with E-state index in [2.05, 4.69) is 129 Å². The number of hydrogen-bond donors (Lipinski definition) is 0. The summed E-state index contributed by atoms with van der Waals surface area (Å²) in [6.45, 7) is 7.10. The lowest BCUT2D eigenvalue weighted by Crippen LogP contribution is -2.24. The third kappa shape index (κ3) is 3.26. The minimum atomic E-state index is 0.0331. The zero-order valence-corrected chi connectivity index (χ0v) is 19.1. The van der Waals surface area contributed by atoms with Crippen LogP contribution in [0.4, 0.5) is 11.4 Å². The molecular weight excluding hydrogens is 352 g/mol. The van der Waals surface area contributed by atoms with Gasteiger partial charge in [0.25, 0.3) is 66.0 Å². The quantitative estimate of drug-likeness (QED) is 0.767. The van der Waals surface area contributed by atoms with E-state index >= 15 is 0 Å². The van der Waals surface area contributed by atoms with Gasteiger partial charge < -0.3 is 5.73 Å². The fourth-order valence-corrected chi connectivity index (χ4v) is 4.72. The largest absolute Gasteiger partial charge is 0.587 e. The first-order valence-corrected chi connectivity index (χ1v) is 10.1. The van der Waals surface area contributed by atoms with Crippen molar-refractivity contribution in [3.8, 4) is 0 Å². The zero-order valence-electron chi connectivity index (χ0n) is 14.5. The van der Waals surface area contributed by atoms with E-state index in [-0.39, 0.29) is 10.8 Å². The summed E-state index contributed by atoms with van der Waals surface area (Å²) < 4.78 is 4.03. The van der Waals surface area contributed by atoms with E-state index < -0.39 is 0 Å². The molecule has 0 bridgehead atoms. The van der Waals surface area contributed by atoms with E-state index in [1.165, 1.54) is 28.1 Å². The molecule has 6 heteroatoms. The molecule has 0 spiro atoms. The van der Waals surface area contributed by atoms with E-state index in [1.54, 1.807) is 0 Å². The molecule has 3 rings (SSSR count). The highest BCUT2D eigenvalue weighted by Crippen LogP contribution is 2.53. The van der Waals surface area contributed by atoms with Crippen LogP contribution in [-0.2, 0) is 10.8 Å². The zero-order chi connectivity index (χ0) is 17.7. The molecule has 0 saturated carbocycles. The van der Waals surface area contributed by atoms with Crippen LogP contribution in [-0.4, -0.2) is 66.0 Å². The lowest BCUT2D eigenvalue weighted by Gasteiger charge is -2.30. The first kappa shape index (κ1) is 18.9. The molecule has 2 aromatic carbocycles. The molecule has 1 atom stereocenters. The van der Waals surface area contributed by atoms with Gasteiger partial charge >= 0.3 is 0 Å². The van der Waals surface area contributed by atoms with Gasteiger partial charge in [0, 0.05) is 5.41 Å². The molecule has 1 aliphatic carbocycles. The van der Waals surface area contributed by atoms with Crippen molar-refractivity contribution in [1.29, 1.82) is 0 Å². The highest BCUT2D eigenvalue weighted by atomic mass is 27.1. The summed E-state index contributed by atoms with van der Waals surface area (Å²) in [4.78, 5) is 0. The molecule has 0 fully saturated rings. The Morgan fingerprint density at radius 3 is 2.04 bits per heavy atom. The van der Waals surface area contributed by atoms with Crippen LogP contribution >= 0.6 is 0 Å². The molecule has 2 nitrogen and oxygen atoms in total. The highest BCUT2D eigenvalue weighted by Gasteiger charge is 2.45. The summed E-state index contributed by atoms with van der Waals surface area (Å²) in [7, 11) is 0. The summed E-state index contributed by atoms with van der Waals surface area (Å²) in [5.41, 5.74) is 6.86. The highest BCUT2D eigenvalue weighted by molar-refractivity contribution is 6.42. The lowest BCUT2D eigenvalue weighted by molar-refractivity contribution is 0.425. The molecule has 112 valence electrons. The van der Waals surface area contributed by atoms with Crippen LogP contribution in [0.2, 0.25) is 0 Å². The Hall–Kier alpha value is 0.170. The summed E-state index contributed by atoms with van der Waals surface area (Å²) in [5, 5.41) is 0. The predicted octanol–water partition coefficient (Wildman–Crippen LogP) is 2.62. The summed E-state index contributed by atoms with van der Waals surface area (Å²) in [6.07, 6.45) is 1.11. The maximum Gasteiger partial charge on any atom is 0.277 e. The van der Waals surface area contributed by atoms with Crippen molar-refractivity contribution in [3.63, 3.8) is 0 Å². The number of benzene rings is 2. The van der Waals surface area contributed by atoms with Crippen LogP contribution in [0.25, 0.3) is 0 Å². The minimum Gasteiger partial charge on any atom is -0.587 e. The third-order valence-corrected chi connectivity index (χ3v) is 6.39. The van der Waals surface area contributed by atoms with Crippen molar-refractivity contribution in [2.75, 3.05) is 5.73 Å². The molecule has 0 aliphatic heterocycles. The van der Waals surface area contributed by atoms with Crippen LogP contribution in [0.5, 0.6) is 0 Å². The summed E-state index contributed by atoms with van der Waals surface area (Å²) in [6, 6.07) is 15.7. The number of fused-ring (bicyclic) bond motifs is 1. The fourth-order valence-electron chi connectivity index (χ4n) is 4.08. The average molecular weight is 370 g/mol. The molecule has 8 radical (unpaired) electrons. The molecular formula is C18H18Al4N2. The molecule has 0 saturated heterocycles. The molecule has 2 aromatic rings. The van der Waals surface area contributed by atoms with Crippen LogP contribution in [0.15, 0.2) is 42.5 Å². The Balaban J connectivity index is 2.16. The second-order valence-electron chi connectivity index (χ2n) is 7.49. The smallest absolute Gasteiger partial charge is 0.277 e. The van der Waals surface area contributed by atoms with Gasteiger partial charge in [0.15, 0.2) is 0 Å². The van der Waals surface area contributed by atoms with Gasteiger partial charge in [-0.05, 0) is 64.2 Å². The van der Waals surface area contributed by atoms with Gasteiger partial charge in [-0.15, -0.1) is 0 Å². The van der Waals surface area contributed by atoms with Gasteiger partial charge in [-0.25, -0.2) is 0 Å². The van der Waals surface area contributed by atoms with Crippen molar-refractivity contribution in [2.45, 2.75) is 38.0 Å². The normalized spacial score (nSPS) is 21.3. The molecule has 0 amide bonds. The standard InChI is InChI=1S/C18H18N2.4Al/c1-17(2)11-18(3,12-5-4-6-13(19)9-12)15-8-7-14(20)10-16(15)17;;;;/h4-10H,11H2,1-3H3;;;;. The Bertz CT molecular complexity index is 773. The van der Waals surface area contributed by atoms with Crippen molar-refractivity contribution >= 4 is 77.4 Å². The lowest BCUT2D eigenvalue weighted by atomic mass is 9.75. The predicted molar refractivity (Wildman–Crippen MR) is 105 cm³/mol. The molecule has 1 aliphatic rings. The molecule has 0 N–H and O–H groups in total. The van der Waals surface area contributed by atoms with Gasteiger partial charge in [0.1, 0.15) is 0 Å². The van der Waals surface area contributed by atoms with Crippen LogP contribution in [0, 0.1) is 0 Å². The molecule has 0 heterocycles. The monoisotopic (exact) mass is 370 g/mol. The van der Waals surface area contributed by atoms with E-state index in [0.29, 0.717) is 0 Å². The van der Waals surface area contributed by atoms with Crippen molar-refractivity contribution in [2.24, 2.45) is 0 Å². The molecule has 24 heavy (non-hydrogen) atoms.